The van der Waals surface area contributed by atoms with Crippen LogP contribution in [0.2, 0.25) is 10.0 Å². The van der Waals surface area contributed by atoms with Crippen molar-refractivity contribution in [3.8, 4) is 0 Å². The lowest BCUT2D eigenvalue weighted by atomic mass is 9.87. The summed E-state index contributed by atoms with van der Waals surface area (Å²) in [7, 11) is 0. The number of ether oxygens (including phenoxy) is 1. The van der Waals surface area contributed by atoms with Crippen LogP contribution in [0.25, 0.3) is 0 Å². The smallest absolute Gasteiger partial charge is 0.455 e. The van der Waals surface area contributed by atoms with Crippen molar-refractivity contribution in [1.29, 1.82) is 0 Å². The molecule has 40 heavy (non-hydrogen) atoms. The van der Waals surface area contributed by atoms with Gasteiger partial charge in [-0.1, -0.05) is 23.2 Å². The van der Waals surface area contributed by atoms with E-state index in [2.05, 4.69) is 4.74 Å². The van der Waals surface area contributed by atoms with Crippen LogP contribution in [0.3, 0.4) is 0 Å². The van der Waals surface area contributed by atoms with Crippen LogP contribution in [-0.2, 0) is 4.74 Å². The second-order valence-corrected chi connectivity index (χ2v) is 8.27. The second-order valence-electron chi connectivity index (χ2n) is 7.42. The van der Waals surface area contributed by atoms with E-state index in [9.17, 15) is 88.2 Å². The molecule has 1 rings (SSSR count). The van der Waals surface area contributed by atoms with Gasteiger partial charge in [-0.25, -0.2) is 4.79 Å². The van der Waals surface area contributed by atoms with E-state index in [0.29, 0.717) is 6.07 Å². The predicted octanol–water partition coefficient (Wildman–Crippen LogP) is 8.79. The molecule has 0 bridgehead atoms. The van der Waals surface area contributed by atoms with E-state index in [0.717, 1.165) is 12.1 Å². The highest BCUT2D eigenvalue weighted by Crippen LogP contribution is 2.65. The van der Waals surface area contributed by atoms with Gasteiger partial charge >= 0.3 is 59.5 Å². The third-order valence-corrected chi connectivity index (χ3v) is 5.28. The average Bonchev–Trinajstić information content (AvgIpc) is 2.77. The maximum atomic E-state index is 13.8. The third-order valence-electron chi connectivity index (χ3n) is 4.71. The molecule has 0 aliphatic rings. The summed E-state index contributed by atoms with van der Waals surface area (Å²) in [5.74, 6) is -70.1. The second kappa shape index (κ2) is 10.0. The summed E-state index contributed by atoms with van der Waals surface area (Å²) in [5, 5.41) is -1.18. The first kappa shape index (κ1) is 36.0. The van der Waals surface area contributed by atoms with Gasteiger partial charge in [0.15, 0.2) is 6.61 Å². The van der Waals surface area contributed by atoms with E-state index >= 15 is 0 Å². The summed E-state index contributed by atoms with van der Waals surface area (Å²) in [4.78, 5) is 11.7. The number of carbonyl (C=O) groups is 1. The van der Waals surface area contributed by atoms with E-state index in [1.54, 1.807) is 0 Å². The van der Waals surface area contributed by atoms with E-state index < -0.39 is 81.7 Å². The number of hydrogen-bond acceptors (Lipinski definition) is 2. The third kappa shape index (κ3) is 5.08. The maximum Gasteiger partial charge on any atom is 0.460 e. The highest BCUT2D eigenvalue weighted by molar-refractivity contribution is 6.35. The summed E-state index contributed by atoms with van der Waals surface area (Å²) in [6.45, 7) is -3.47. The van der Waals surface area contributed by atoms with Crippen molar-refractivity contribution in [3.63, 3.8) is 0 Å². The molecule has 0 unspecified atom stereocenters. The minimum absolute atomic E-state index is 0.435. The normalized spacial score (nSPS) is 15.3. The number of benzene rings is 1. The molecule has 2 nitrogen and oxygen atoms in total. The van der Waals surface area contributed by atoms with Crippen LogP contribution in [0.5, 0.6) is 0 Å². The number of rotatable bonds is 10. The highest BCUT2D eigenvalue weighted by atomic mass is 35.5. The van der Waals surface area contributed by atoms with E-state index in [-0.39, 0.29) is 0 Å². The molecule has 0 heterocycles. The zero-order valence-corrected chi connectivity index (χ0v) is 19.2. The largest absolute Gasteiger partial charge is 0.460 e. The molecule has 0 N–H and O–H groups in total. The molecular formula is C17H5Cl2F19O2. The van der Waals surface area contributed by atoms with Gasteiger partial charge in [0, 0.05) is 5.02 Å². The van der Waals surface area contributed by atoms with E-state index in [1.165, 1.54) is 0 Å². The Kier molecular flexibility index (Phi) is 9.03. The van der Waals surface area contributed by atoms with Crippen LogP contribution in [0.15, 0.2) is 18.2 Å². The first-order chi connectivity index (χ1) is 17.3. The maximum absolute atomic E-state index is 13.8. The fourth-order valence-corrected chi connectivity index (χ4v) is 2.74. The number of esters is 1. The summed E-state index contributed by atoms with van der Waals surface area (Å²) >= 11 is 10.8. The van der Waals surface area contributed by atoms with Gasteiger partial charge in [-0.3, -0.25) is 0 Å². The summed E-state index contributed by atoms with van der Waals surface area (Å²) < 4.78 is 255. The molecule has 0 amide bonds. The summed E-state index contributed by atoms with van der Waals surface area (Å²) in [6.07, 6.45) is -7.96. The molecule has 1 aromatic rings. The van der Waals surface area contributed by atoms with Crippen molar-refractivity contribution in [2.24, 2.45) is 0 Å². The predicted molar refractivity (Wildman–Crippen MR) is 92.4 cm³/mol. The number of carbonyl (C=O) groups excluding carboxylic acids is 1. The zero-order valence-electron chi connectivity index (χ0n) is 17.7. The first-order valence-electron chi connectivity index (χ1n) is 9.01. The molecule has 23 heteroatoms. The Morgan fingerprint density at radius 1 is 0.575 bits per heavy atom. The number of hydrogen-bond donors (Lipinski definition) is 0. The molecule has 0 saturated heterocycles. The SMILES string of the molecule is O=C(OCC(F)(F)C(F)(F)C(F)(F)C(F)(F)C(F)(F)C(F)(F)C(F)(F)C(F)(F)C(F)(F)F)c1cc(Cl)ccc1Cl. The van der Waals surface area contributed by atoms with Gasteiger partial charge in [-0.05, 0) is 18.2 Å². The quantitative estimate of drug-likeness (QED) is 0.184. The Labute approximate surface area is 216 Å². The van der Waals surface area contributed by atoms with Crippen LogP contribution in [0.4, 0.5) is 83.4 Å². The minimum atomic E-state index is -9.04. The molecular weight excluding hydrogens is 668 g/mol. The van der Waals surface area contributed by atoms with Gasteiger partial charge in [-0.15, -0.1) is 0 Å². The average molecular weight is 673 g/mol. The van der Waals surface area contributed by atoms with Crippen LogP contribution >= 0.6 is 23.2 Å². The standard InChI is InChI=1S/C17H5Cl2F19O2/c18-5-1-2-7(19)6(3-5)8(39)40-4-9(20,21)10(22,23)11(24,25)12(26,27)13(28,29)14(30,31)15(32,33)16(34,35)17(36,37)38/h1-3H,4H2. The van der Waals surface area contributed by atoms with Gasteiger partial charge < -0.3 is 4.74 Å². The lowest BCUT2D eigenvalue weighted by Gasteiger charge is -2.43. The van der Waals surface area contributed by atoms with Gasteiger partial charge in [0.2, 0.25) is 0 Å². The summed E-state index contributed by atoms with van der Waals surface area (Å²) in [5.41, 5.74) is -1.08. The van der Waals surface area contributed by atoms with E-state index in [4.69, 9.17) is 23.2 Å². The lowest BCUT2D eigenvalue weighted by Crippen LogP contribution is -2.76. The molecule has 0 spiro atoms. The Morgan fingerprint density at radius 3 is 1.30 bits per heavy atom. The van der Waals surface area contributed by atoms with Crippen molar-refractivity contribution in [2.45, 2.75) is 53.6 Å². The summed E-state index contributed by atoms with van der Waals surface area (Å²) in [6, 6.07) is 2.14. The van der Waals surface area contributed by atoms with Crippen molar-refractivity contribution in [1.82, 2.24) is 0 Å². The molecule has 0 radical (unpaired) electrons. The van der Waals surface area contributed by atoms with Crippen molar-refractivity contribution >= 4 is 29.2 Å². The van der Waals surface area contributed by atoms with E-state index in [1.807, 2.05) is 0 Å². The van der Waals surface area contributed by atoms with Crippen LogP contribution in [-0.4, -0.2) is 66.1 Å². The number of alkyl halides is 19. The monoisotopic (exact) mass is 672 g/mol. The molecule has 0 aromatic heterocycles. The number of halogens is 21. The van der Waals surface area contributed by atoms with Crippen LogP contribution in [0.1, 0.15) is 10.4 Å². The first-order valence-corrected chi connectivity index (χ1v) is 9.76. The van der Waals surface area contributed by atoms with Crippen LogP contribution < -0.4 is 0 Å². The topological polar surface area (TPSA) is 26.3 Å². The molecule has 0 saturated carbocycles. The molecule has 0 aliphatic carbocycles. The Morgan fingerprint density at radius 2 is 0.925 bits per heavy atom. The fraction of sp³-hybridized carbons (Fsp3) is 0.588. The minimum Gasteiger partial charge on any atom is -0.455 e. The zero-order chi connectivity index (χ0) is 32.3. The Balaban J connectivity index is 3.53. The molecule has 0 atom stereocenters. The Hall–Kier alpha value is -2.06. The van der Waals surface area contributed by atoms with Crippen molar-refractivity contribution < 1.29 is 92.9 Å². The van der Waals surface area contributed by atoms with Gasteiger partial charge in [0.25, 0.3) is 0 Å². The molecule has 0 fully saturated rings. The lowest BCUT2D eigenvalue weighted by molar-refractivity contribution is -0.469. The van der Waals surface area contributed by atoms with Gasteiger partial charge in [0.1, 0.15) is 0 Å². The van der Waals surface area contributed by atoms with Gasteiger partial charge in [0.05, 0.1) is 10.6 Å². The molecule has 0 aliphatic heterocycles. The molecule has 1 aromatic carbocycles. The van der Waals surface area contributed by atoms with Gasteiger partial charge in [-0.2, -0.15) is 83.4 Å². The van der Waals surface area contributed by atoms with Crippen molar-refractivity contribution in [2.75, 3.05) is 6.61 Å². The Bertz CT molecular complexity index is 1110. The fourth-order valence-electron chi connectivity index (χ4n) is 2.37. The van der Waals surface area contributed by atoms with Crippen LogP contribution in [0, 0.1) is 0 Å². The highest BCUT2D eigenvalue weighted by Gasteiger charge is 2.96. The van der Waals surface area contributed by atoms with Crippen molar-refractivity contribution in [3.05, 3.63) is 33.8 Å². The molecule has 232 valence electrons.